The van der Waals surface area contributed by atoms with Crippen LogP contribution in [-0.4, -0.2) is 74.1 Å². The number of amides is 1. The van der Waals surface area contributed by atoms with E-state index in [1.54, 1.807) is 0 Å². The highest BCUT2D eigenvalue weighted by atomic mass is 32.1. The minimum absolute atomic E-state index is 0.0141. The van der Waals surface area contributed by atoms with Crippen molar-refractivity contribution in [2.24, 2.45) is 0 Å². The first kappa shape index (κ1) is 18.5. The van der Waals surface area contributed by atoms with Gasteiger partial charge in [-0.1, -0.05) is 12.1 Å². The van der Waals surface area contributed by atoms with E-state index >= 15 is 0 Å². The summed E-state index contributed by atoms with van der Waals surface area (Å²) in [5.74, 6) is 0.663. The van der Waals surface area contributed by atoms with Crippen LogP contribution in [-0.2, 0) is 14.3 Å². The van der Waals surface area contributed by atoms with Crippen molar-refractivity contribution in [3.63, 3.8) is 0 Å². The lowest BCUT2D eigenvalue weighted by atomic mass is 10.1. The molecule has 8 heteroatoms. The van der Waals surface area contributed by atoms with Gasteiger partial charge in [0.2, 0.25) is 0 Å². The smallest absolute Gasteiger partial charge is 0.265 e. The van der Waals surface area contributed by atoms with Crippen molar-refractivity contribution in [3.05, 3.63) is 24.3 Å². The predicted molar refractivity (Wildman–Crippen MR) is 105 cm³/mol. The molecule has 0 aromatic heterocycles. The van der Waals surface area contributed by atoms with Gasteiger partial charge in [-0.25, -0.2) is 0 Å². The molecule has 0 unspecified atom stereocenters. The maximum absolute atomic E-state index is 12.9. The number of para-hydroxylation sites is 2. The van der Waals surface area contributed by atoms with Gasteiger partial charge in [-0.3, -0.25) is 4.79 Å². The highest BCUT2D eigenvalue weighted by Crippen LogP contribution is 2.33. The summed E-state index contributed by atoms with van der Waals surface area (Å²) in [6.07, 6.45) is 1.76. The molecule has 2 saturated heterocycles. The molecule has 4 rings (SSSR count). The Bertz CT molecular complexity index is 689. The van der Waals surface area contributed by atoms with Crippen molar-refractivity contribution < 1.29 is 19.0 Å². The maximum atomic E-state index is 12.9. The normalized spacial score (nSPS) is 24.9. The van der Waals surface area contributed by atoms with E-state index in [1.165, 1.54) is 0 Å². The van der Waals surface area contributed by atoms with Crippen molar-refractivity contribution in [1.29, 1.82) is 0 Å². The number of fused-ring (bicyclic) bond motifs is 1. The fraction of sp³-hybridized carbons (Fsp3) is 0.579. The van der Waals surface area contributed by atoms with Crippen molar-refractivity contribution >= 4 is 28.9 Å². The van der Waals surface area contributed by atoms with E-state index in [1.807, 2.05) is 34.1 Å². The van der Waals surface area contributed by atoms with E-state index < -0.39 is 6.10 Å². The van der Waals surface area contributed by atoms with Gasteiger partial charge in [0, 0.05) is 26.2 Å². The van der Waals surface area contributed by atoms with Gasteiger partial charge >= 0.3 is 0 Å². The molecule has 7 nitrogen and oxygen atoms in total. The molecule has 3 aliphatic heterocycles. The highest BCUT2D eigenvalue weighted by Gasteiger charge is 2.35. The molecule has 3 aliphatic rings. The highest BCUT2D eigenvalue weighted by molar-refractivity contribution is 7.80. The zero-order chi connectivity index (χ0) is 18.6. The van der Waals surface area contributed by atoms with Gasteiger partial charge in [0.1, 0.15) is 5.75 Å². The lowest BCUT2D eigenvalue weighted by Gasteiger charge is -2.38. The van der Waals surface area contributed by atoms with Crippen molar-refractivity contribution in [2.75, 3.05) is 50.9 Å². The number of benzene rings is 1. The number of anilines is 1. The van der Waals surface area contributed by atoms with Crippen molar-refractivity contribution in [1.82, 2.24) is 10.2 Å². The molecule has 3 heterocycles. The van der Waals surface area contributed by atoms with Crippen LogP contribution < -0.4 is 15.0 Å². The van der Waals surface area contributed by atoms with Crippen LogP contribution in [0.3, 0.4) is 0 Å². The molecule has 0 aliphatic carbocycles. The van der Waals surface area contributed by atoms with Crippen molar-refractivity contribution in [2.45, 2.75) is 25.0 Å². The number of hydrogen-bond donors (Lipinski definition) is 1. The number of thiocarbonyl (C=S) groups is 1. The molecule has 0 bridgehead atoms. The zero-order valence-electron chi connectivity index (χ0n) is 15.3. The fourth-order valence-corrected chi connectivity index (χ4v) is 3.90. The molecule has 0 spiro atoms. The molecule has 27 heavy (non-hydrogen) atoms. The summed E-state index contributed by atoms with van der Waals surface area (Å²) in [7, 11) is 0. The second kappa shape index (κ2) is 8.41. The van der Waals surface area contributed by atoms with Crippen LogP contribution in [0.4, 0.5) is 5.69 Å². The summed E-state index contributed by atoms with van der Waals surface area (Å²) in [5.41, 5.74) is 0.883. The fourth-order valence-electron chi connectivity index (χ4n) is 3.64. The molecule has 1 N–H and O–H groups in total. The van der Waals surface area contributed by atoms with Crippen LogP contribution in [0.25, 0.3) is 0 Å². The average Bonchev–Trinajstić information content (AvgIpc) is 3.25. The summed E-state index contributed by atoms with van der Waals surface area (Å²) in [4.78, 5) is 16.7. The van der Waals surface area contributed by atoms with Gasteiger partial charge in [0.25, 0.3) is 5.91 Å². The Balaban J connectivity index is 1.47. The molecular formula is C19H25N3O4S. The third-order valence-corrected chi connectivity index (χ3v) is 5.49. The molecule has 0 saturated carbocycles. The zero-order valence-corrected chi connectivity index (χ0v) is 16.1. The number of rotatable bonds is 3. The summed E-state index contributed by atoms with van der Waals surface area (Å²) < 4.78 is 17.0. The lowest BCUT2D eigenvalue weighted by molar-refractivity contribution is -0.142. The molecule has 1 amide bonds. The monoisotopic (exact) mass is 391 g/mol. The van der Waals surface area contributed by atoms with Gasteiger partial charge in [-0.2, -0.15) is 0 Å². The van der Waals surface area contributed by atoms with Gasteiger partial charge in [0.15, 0.2) is 11.2 Å². The van der Waals surface area contributed by atoms with E-state index in [4.69, 9.17) is 26.4 Å². The van der Waals surface area contributed by atoms with Gasteiger partial charge in [0.05, 0.1) is 31.5 Å². The minimum Gasteiger partial charge on any atom is -0.476 e. The number of nitrogens with zero attached hydrogens (tertiary/aromatic N) is 2. The van der Waals surface area contributed by atoms with E-state index in [-0.39, 0.29) is 12.0 Å². The standard InChI is InChI=1S/C19H25N3O4S/c23-18(21-7-10-24-11-8-21)17-13-22(15-5-1-2-6-16(15)26-17)19(27)20-12-14-4-3-9-25-14/h1-2,5-6,14,17H,3-4,7-13H2,(H,20,27)/t14-,17-/m0/s1. The summed E-state index contributed by atoms with van der Waals surface area (Å²) in [6.45, 7) is 4.23. The SMILES string of the molecule is O=C([C@@H]1CN(C(=S)NC[C@@H]2CCCO2)c2ccccc2O1)N1CCOCC1. The van der Waals surface area contributed by atoms with Crippen LogP contribution in [0.2, 0.25) is 0 Å². The van der Waals surface area contributed by atoms with Gasteiger partial charge in [-0.15, -0.1) is 0 Å². The molecular weight excluding hydrogens is 366 g/mol. The Hall–Kier alpha value is -1.90. The Kier molecular flexibility index (Phi) is 5.75. The quantitative estimate of drug-likeness (QED) is 0.776. The second-order valence-corrected chi connectivity index (χ2v) is 7.33. The summed E-state index contributed by atoms with van der Waals surface area (Å²) in [6, 6.07) is 7.69. The number of carbonyl (C=O) groups excluding carboxylic acids is 1. The summed E-state index contributed by atoms with van der Waals surface area (Å²) in [5, 5.41) is 3.90. The lowest BCUT2D eigenvalue weighted by Crippen LogP contribution is -2.55. The van der Waals surface area contributed by atoms with Gasteiger partial charge in [-0.05, 0) is 37.2 Å². The van der Waals surface area contributed by atoms with Crippen LogP contribution in [0.15, 0.2) is 24.3 Å². The first-order valence-corrected chi connectivity index (χ1v) is 9.92. The minimum atomic E-state index is -0.583. The van der Waals surface area contributed by atoms with E-state index in [2.05, 4.69) is 5.32 Å². The summed E-state index contributed by atoms with van der Waals surface area (Å²) >= 11 is 5.64. The van der Waals surface area contributed by atoms with Crippen LogP contribution in [0, 0.1) is 0 Å². The average molecular weight is 391 g/mol. The third kappa shape index (κ3) is 4.17. The first-order valence-electron chi connectivity index (χ1n) is 9.51. The Morgan fingerprint density at radius 3 is 2.81 bits per heavy atom. The molecule has 2 atom stereocenters. The number of nitrogens with one attached hydrogen (secondary N) is 1. The van der Waals surface area contributed by atoms with E-state index in [0.29, 0.717) is 50.3 Å². The van der Waals surface area contributed by atoms with Crippen LogP contribution in [0.5, 0.6) is 5.75 Å². The molecule has 1 aromatic rings. The van der Waals surface area contributed by atoms with Crippen LogP contribution in [0.1, 0.15) is 12.8 Å². The Morgan fingerprint density at radius 2 is 2.04 bits per heavy atom. The Labute approximate surface area is 164 Å². The second-order valence-electron chi connectivity index (χ2n) is 6.94. The number of morpholine rings is 1. The number of ether oxygens (including phenoxy) is 3. The van der Waals surface area contributed by atoms with Crippen LogP contribution >= 0.6 is 12.2 Å². The van der Waals surface area contributed by atoms with Crippen molar-refractivity contribution in [3.8, 4) is 5.75 Å². The largest absolute Gasteiger partial charge is 0.476 e. The number of hydrogen-bond acceptors (Lipinski definition) is 5. The van der Waals surface area contributed by atoms with E-state index in [9.17, 15) is 4.79 Å². The third-order valence-electron chi connectivity index (χ3n) is 5.12. The molecule has 146 valence electrons. The molecule has 1 aromatic carbocycles. The van der Waals surface area contributed by atoms with Gasteiger partial charge < -0.3 is 29.3 Å². The van der Waals surface area contributed by atoms with E-state index in [0.717, 1.165) is 25.1 Å². The molecule has 0 radical (unpaired) electrons. The Morgan fingerprint density at radius 1 is 1.22 bits per heavy atom. The molecule has 2 fully saturated rings. The topological polar surface area (TPSA) is 63.3 Å². The first-order chi connectivity index (χ1) is 13.2. The number of carbonyl (C=O) groups is 1. The maximum Gasteiger partial charge on any atom is 0.265 e. The predicted octanol–water partition coefficient (Wildman–Crippen LogP) is 1.17.